The first-order chi connectivity index (χ1) is 25.4. The molecule has 0 unspecified atom stereocenters. The lowest BCUT2D eigenvalue weighted by molar-refractivity contribution is -0.176. The van der Waals surface area contributed by atoms with Crippen molar-refractivity contribution in [1.29, 1.82) is 0 Å². The van der Waals surface area contributed by atoms with Gasteiger partial charge in [0.15, 0.2) is 23.2 Å². The smallest absolute Gasteiger partial charge is 0.413 e. The molecule has 1 aliphatic carbocycles. The van der Waals surface area contributed by atoms with Crippen molar-refractivity contribution in [2.45, 2.75) is 82.4 Å². The van der Waals surface area contributed by atoms with Gasteiger partial charge < -0.3 is 24.9 Å². The number of hydrogen-bond donors (Lipinski definition) is 3. The summed E-state index contributed by atoms with van der Waals surface area (Å²) in [7, 11) is 0. The Bertz CT molecular complexity index is 1950. The molecule has 53 heavy (non-hydrogen) atoms. The van der Waals surface area contributed by atoms with E-state index in [1.807, 2.05) is 60.7 Å². The minimum absolute atomic E-state index is 0.00664. The molecule has 4 aromatic rings. The second kappa shape index (κ2) is 15.7. The number of rotatable bonds is 13. The molecule has 0 spiro atoms. The molecule has 1 aliphatic heterocycles. The van der Waals surface area contributed by atoms with Gasteiger partial charge in [0, 0.05) is 18.2 Å². The Morgan fingerprint density at radius 2 is 1.74 bits per heavy atom. The van der Waals surface area contributed by atoms with Gasteiger partial charge in [-0.2, -0.15) is 15.0 Å². The third kappa shape index (κ3) is 8.92. The van der Waals surface area contributed by atoms with Gasteiger partial charge in [0.2, 0.25) is 11.5 Å². The zero-order valence-corrected chi connectivity index (χ0v) is 30.0. The van der Waals surface area contributed by atoms with Gasteiger partial charge in [0.1, 0.15) is 23.0 Å². The summed E-state index contributed by atoms with van der Waals surface area (Å²) in [5, 5.41) is 21.7. The number of thiazole rings is 1. The highest BCUT2D eigenvalue weighted by Crippen LogP contribution is 2.38. The van der Waals surface area contributed by atoms with Crippen LogP contribution in [0.25, 0.3) is 0 Å². The maximum Gasteiger partial charge on any atom is 0.413 e. The number of benzene rings is 2. The van der Waals surface area contributed by atoms with Crippen LogP contribution in [0.3, 0.4) is 0 Å². The number of nitrogens with one attached hydrogen (secondary N) is 3. The predicted octanol–water partition coefficient (Wildman–Crippen LogP) is 3.94. The van der Waals surface area contributed by atoms with Crippen LogP contribution in [-0.4, -0.2) is 79.1 Å². The lowest BCUT2D eigenvalue weighted by Crippen LogP contribution is -2.70. The van der Waals surface area contributed by atoms with E-state index in [0.29, 0.717) is 19.1 Å². The number of anilines is 1. The van der Waals surface area contributed by atoms with Crippen molar-refractivity contribution in [2.24, 2.45) is 5.16 Å². The second-order valence-corrected chi connectivity index (χ2v) is 14.4. The number of aromatic nitrogens is 4. The number of oxime groups is 1. The standard InChI is InChI=1S/C36H38N8O8S/c1-35(2,3)51-34(49)41-33-39-26(21-53-33)28(31(47)40-27-25(38-30(27)46)19-44-37-18-24(20-45)42-44)43-52-36(16-10-11-17-36)32(48)50-29(22-12-6-4-7-13-22)23-14-8-5-9-15-23/h4-9,12-15,18,20-21,25,27,29H,10-11,16-17,19H2,1-3H3,(H,38,46)(H,40,47)(H,39,41,49)/b43-28-/t25-,27+/m1/s1. The third-order valence-electron chi connectivity index (χ3n) is 8.43. The fraction of sp³-hybridized carbons (Fsp3) is 0.361. The quantitative estimate of drug-likeness (QED) is 0.0588. The summed E-state index contributed by atoms with van der Waals surface area (Å²) in [5.74, 6) is -1.96. The lowest BCUT2D eigenvalue weighted by Gasteiger charge is -2.36. The van der Waals surface area contributed by atoms with Gasteiger partial charge in [0.25, 0.3) is 5.91 Å². The summed E-state index contributed by atoms with van der Waals surface area (Å²) < 4.78 is 11.5. The van der Waals surface area contributed by atoms with E-state index in [9.17, 15) is 24.0 Å². The predicted molar refractivity (Wildman–Crippen MR) is 191 cm³/mol. The summed E-state index contributed by atoms with van der Waals surface area (Å²) in [6, 6.07) is 17.0. The fourth-order valence-electron chi connectivity index (χ4n) is 5.84. The average molecular weight is 743 g/mol. The van der Waals surface area contributed by atoms with Crippen molar-refractivity contribution < 1.29 is 38.3 Å². The Morgan fingerprint density at radius 1 is 1.08 bits per heavy atom. The van der Waals surface area contributed by atoms with Gasteiger partial charge in [-0.25, -0.2) is 14.6 Å². The molecular weight excluding hydrogens is 705 g/mol. The maximum absolute atomic E-state index is 14.1. The number of carbonyl (C=O) groups excluding carboxylic acids is 5. The van der Waals surface area contributed by atoms with Crippen molar-refractivity contribution in [3.63, 3.8) is 0 Å². The topological polar surface area (TPSA) is 205 Å². The monoisotopic (exact) mass is 742 g/mol. The molecule has 2 fully saturated rings. The number of amides is 3. The number of β-lactam (4-membered cyclic amide) rings is 1. The zero-order valence-electron chi connectivity index (χ0n) is 29.2. The first kappa shape index (κ1) is 36.8. The van der Waals surface area contributed by atoms with E-state index < -0.39 is 53.3 Å². The summed E-state index contributed by atoms with van der Waals surface area (Å²) in [6.45, 7) is 5.20. The van der Waals surface area contributed by atoms with E-state index in [0.717, 1.165) is 22.5 Å². The van der Waals surface area contributed by atoms with Crippen LogP contribution in [-0.2, 0) is 35.2 Å². The molecule has 2 aromatic carbocycles. The Balaban J connectivity index is 1.27. The van der Waals surface area contributed by atoms with Crippen LogP contribution in [0.1, 0.15) is 79.9 Å². The summed E-state index contributed by atoms with van der Waals surface area (Å²) in [6.07, 6.45) is 2.16. The molecule has 3 N–H and O–H groups in total. The van der Waals surface area contributed by atoms with Crippen LogP contribution in [0.2, 0.25) is 0 Å². The second-order valence-electron chi connectivity index (χ2n) is 13.5. The molecule has 17 heteroatoms. The molecule has 276 valence electrons. The van der Waals surface area contributed by atoms with Crippen molar-refractivity contribution in [1.82, 2.24) is 30.6 Å². The van der Waals surface area contributed by atoms with Crippen molar-refractivity contribution >= 4 is 52.3 Å². The van der Waals surface area contributed by atoms with Gasteiger partial charge in [-0.05, 0) is 44.7 Å². The van der Waals surface area contributed by atoms with E-state index >= 15 is 0 Å². The maximum atomic E-state index is 14.1. The van der Waals surface area contributed by atoms with Crippen LogP contribution >= 0.6 is 11.3 Å². The summed E-state index contributed by atoms with van der Waals surface area (Å²) in [4.78, 5) is 75.9. The van der Waals surface area contributed by atoms with Gasteiger partial charge in [0.05, 0.1) is 18.8 Å². The first-order valence-electron chi connectivity index (χ1n) is 16.9. The van der Waals surface area contributed by atoms with Crippen LogP contribution < -0.4 is 16.0 Å². The van der Waals surface area contributed by atoms with E-state index in [1.165, 1.54) is 16.4 Å². The molecule has 16 nitrogen and oxygen atoms in total. The number of aldehydes is 1. The molecule has 3 heterocycles. The molecule has 0 radical (unpaired) electrons. The third-order valence-corrected chi connectivity index (χ3v) is 9.19. The normalized spacial score (nSPS) is 18.0. The van der Waals surface area contributed by atoms with Gasteiger partial charge in [-0.15, -0.1) is 11.3 Å². The number of ether oxygens (including phenoxy) is 2. The Morgan fingerprint density at radius 3 is 2.32 bits per heavy atom. The van der Waals surface area contributed by atoms with Gasteiger partial charge >= 0.3 is 12.1 Å². The Labute approximate surface area is 308 Å². The molecular formula is C36H38N8O8S. The number of nitrogens with zero attached hydrogens (tertiary/aromatic N) is 5. The molecule has 2 atom stereocenters. The molecule has 2 aliphatic rings. The minimum atomic E-state index is -1.53. The lowest BCUT2D eigenvalue weighted by atomic mass is 9.98. The number of esters is 1. The van der Waals surface area contributed by atoms with E-state index in [-0.39, 0.29) is 41.6 Å². The Kier molecular flexibility index (Phi) is 10.9. The average Bonchev–Trinajstić information content (AvgIpc) is 3.92. The highest BCUT2D eigenvalue weighted by atomic mass is 32.1. The molecule has 6 rings (SSSR count). The molecule has 3 amide bonds. The molecule has 0 bridgehead atoms. The van der Waals surface area contributed by atoms with Crippen LogP contribution in [0.4, 0.5) is 9.93 Å². The number of hydrogen-bond acceptors (Lipinski definition) is 13. The van der Waals surface area contributed by atoms with Gasteiger partial charge in [-0.3, -0.25) is 19.7 Å². The first-order valence-corrected chi connectivity index (χ1v) is 17.8. The minimum Gasteiger partial charge on any atom is -0.450 e. The van der Waals surface area contributed by atoms with Crippen molar-refractivity contribution in [3.05, 3.63) is 94.8 Å². The van der Waals surface area contributed by atoms with Crippen LogP contribution in [0.5, 0.6) is 0 Å². The van der Waals surface area contributed by atoms with Crippen molar-refractivity contribution in [2.75, 3.05) is 5.32 Å². The molecule has 1 saturated heterocycles. The SMILES string of the molecule is CC(C)(C)OC(=O)Nc1nc(/C(=N/OC2(C(=O)OC(c3ccccc3)c3ccccc3)CCCC2)C(=O)N[C@@H]2C(=O)N[C@@H]2Cn2ncc(C=O)n2)cs1. The molecule has 2 aromatic heterocycles. The zero-order chi connectivity index (χ0) is 37.6. The Hall–Kier alpha value is -5.97. The number of carbonyl (C=O) groups is 5. The van der Waals surface area contributed by atoms with Crippen LogP contribution in [0, 0.1) is 0 Å². The van der Waals surface area contributed by atoms with Crippen LogP contribution in [0.15, 0.2) is 77.4 Å². The van der Waals surface area contributed by atoms with E-state index in [1.54, 1.807) is 20.8 Å². The highest BCUT2D eigenvalue weighted by molar-refractivity contribution is 7.14. The highest BCUT2D eigenvalue weighted by Gasteiger charge is 2.48. The fourth-order valence-corrected chi connectivity index (χ4v) is 6.52. The van der Waals surface area contributed by atoms with E-state index in [4.69, 9.17) is 14.3 Å². The largest absolute Gasteiger partial charge is 0.450 e. The molecule has 1 saturated carbocycles. The summed E-state index contributed by atoms with van der Waals surface area (Å²) in [5.41, 5.74) is -1.00. The summed E-state index contributed by atoms with van der Waals surface area (Å²) >= 11 is 1.00. The van der Waals surface area contributed by atoms with Gasteiger partial charge in [-0.1, -0.05) is 65.8 Å². The van der Waals surface area contributed by atoms with Crippen molar-refractivity contribution in [3.8, 4) is 0 Å². The van der Waals surface area contributed by atoms with E-state index in [2.05, 4.69) is 36.3 Å².